The quantitative estimate of drug-likeness (QED) is 0.870. The third-order valence-electron chi connectivity index (χ3n) is 4.51. The number of nitrogens with zero attached hydrogens (tertiary/aromatic N) is 2. The molecule has 0 spiro atoms. The first-order valence-corrected chi connectivity index (χ1v) is 8.40. The fourth-order valence-corrected chi connectivity index (χ4v) is 3.17. The largest absolute Gasteiger partial charge is 0.493 e. The first kappa shape index (κ1) is 15.8. The molecule has 1 heterocycles. The minimum atomic E-state index is 0.0843. The number of hydrogen-bond donors (Lipinski definition) is 0. The molecule has 0 bridgehead atoms. The van der Waals surface area contributed by atoms with E-state index in [0.29, 0.717) is 17.9 Å². The molecule has 0 atom stereocenters. The Morgan fingerprint density at radius 3 is 2.48 bits per heavy atom. The van der Waals surface area contributed by atoms with Gasteiger partial charge < -0.3 is 14.5 Å². The van der Waals surface area contributed by atoms with Crippen molar-refractivity contribution in [3.63, 3.8) is 0 Å². The van der Waals surface area contributed by atoms with Crippen LogP contribution in [0, 0.1) is 0 Å². The lowest BCUT2D eigenvalue weighted by Gasteiger charge is -2.34. The van der Waals surface area contributed by atoms with Crippen LogP contribution in [0.4, 0.5) is 0 Å². The highest BCUT2D eigenvalue weighted by Gasteiger charge is 2.25. The van der Waals surface area contributed by atoms with Gasteiger partial charge >= 0.3 is 0 Å². The molecule has 2 aromatic rings. The summed E-state index contributed by atoms with van der Waals surface area (Å²) in [5.41, 5.74) is 0.704. The van der Waals surface area contributed by atoms with E-state index >= 15 is 0 Å². The molecule has 3 rings (SSSR count). The maximum atomic E-state index is 13.1. The number of hydrogen-bond acceptors (Lipinski definition) is 3. The van der Waals surface area contributed by atoms with E-state index in [0.717, 1.165) is 43.5 Å². The number of likely N-dealkylation sites (N-methyl/N-ethyl adjacent to an activating group) is 1. The van der Waals surface area contributed by atoms with E-state index in [9.17, 15) is 4.79 Å². The average molecular weight is 312 g/mol. The molecule has 1 aliphatic rings. The molecule has 1 fully saturated rings. The Morgan fingerprint density at radius 2 is 1.78 bits per heavy atom. The minimum Gasteiger partial charge on any atom is -0.493 e. The second-order valence-electron chi connectivity index (χ2n) is 5.82. The Balaban J connectivity index is 1.96. The first-order valence-electron chi connectivity index (χ1n) is 8.40. The standard InChI is InChI=1S/C19H24N2O2/c1-3-20-11-13-21(14-12-20)19(22)18-16-8-6-5-7-15(16)9-10-17(18)23-4-2/h5-10H,3-4,11-14H2,1-2H3. The van der Waals surface area contributed by atoms with Crippen LogP contribution in [0.5, 0.6) is 5.75 Å². The molecule has 0 unspecified atom stereocenters. The summed E-state index contributed by atoms with van der Waals surface area (Å²) in [5, 5.41) is 2.05. The number of carbonyl (C=O) groups excluding carboxylic acids is 1. The summed E-state index contributed by atoms with van der Waals surface area (Å²) >= 11 is 0. The van der Waals surface area contributed by atoms with Crippen molar-refractivity contribution in [2.24, 2.45) is 0 Å². The number of piperazine rings is 1. The predicted molar refractivity (Wildman–Crippen MR) is 93.1 cm³/mol. The average Bonchev–Trinajstić information content (AvgIpc) is 2.61. The van der Waals surface area contributed by atoms with Gasteiger partial charge in [-0.3, -0.25) is 4.79 Å². The molecule has 2 aromatic carbocycles. The van der Waals surface area contributed by atoms with Crippen molar-refractivity contribution in [2.75, 3.05) is 39.3 Å². The van der Waals surface area contributed by atoms with Gasteiger partial charge in [-0.15, -0.1) is 0 Å². The Morgan fingerprint density at radius 1 is 1.04 bits per heavy atom. The molecule has 122 valence electrons. The van der Waals surface area contributed by atoms with Crippen LogP contribution in [0.2, 0.25) is 0 Å². The van der Waals surface area contributed by atoms with E-state index in [1.807, 2.05) is 48.2 Å². The highest BCUT2D eigenvalue weighted by atomic mass is 16.5. The molecule has 1 amide bonds. The van der Waals surface area contributed by atoms with Gasteiger partial charge in [0.15, 0.2) is 0 Å². The number of carbonyl (C=O) groups is 1. The SMILES string of the molecule is CCOc1ccc2ccccc2c1C(=O)N1CCN(CC)CC1. The normalized spacial score (nSPS) is 15.8. The summed E-state index contributed by atoms with van der Waals surface area (Å²) in [4.78, 5) is 17.5. The molecule has 23 heavy (non-hydrogen) atoms. The van der Waals surface area contributed by atoms with Crippen molar-refractivity contribution in [3.05, 3.63) is 42.0 Å². The van der Waals surface area contributed by atoms with Crippen molar-refractivity contribution in [2.45, 2.75) is 13.8 Å². The molecule has 0 aromatic heterocycles. The fourth-order valence-electron chi connectivity index (χ4n) is 3.17. The summed E-state index contributed by atoms with van der Waals surface area (Å²) in [6.07, 6.45) is 0. The van der Waals surface area contributed by atoms with Gasteiger partial charge in [0, 0.05) is 26.2 Å². The lowest BCUT2D eigenvalue weighted by molar-refractivity contribution is 0.0641. The van der Waals surface area contributed by atoms with Gasteiger partial charge in [-0.1, -0.05) is 37.3 Å². The Bertz CT molecular complexity index is 691. The van der Waals surface area contributed by atoms with Crippen LogP contribution in [0.3, 0.4) is 0 Å². The van der Waals surface area contributed by atoms with E-state index in [1.165, 1.54) is 0 Å². The van der Waals surface area contributed by atoms with Gasteiger partial charge in [0.05, 0.1) is 12.2 Å². The maximum absolute atomic E-state index is 13.1. The van der Waals surface area contributed by atoms with E-state index in [4.69, 9.17) is 4.74 Å². The maximum Gasteiger partial charge on any atom is 0.258 e. The van der Waals surface area contributed by atoms with Crippen molar-refractivity contribution in [1.29, 1.82) is 0 Å². The summed E-state index contributed by atoms with van der Waals surface area (Å²) in [7, 11) is 0. The summed E-state index contributed by atoms with van der Waals surface area (Å²) in [5.74, 6) is 0.773. The molecular formula is C19H24N2O2. The molecule has 0 radical (unpaired) electrons. The zero-order valence-corrected chi connectivity index (χ0v) is 13.9. The van der Waals surface area contributed by atoms with E-state index in [1.54, 1.807) is 0 Å². The van der Waals surface area contributed by atoms with Crippen LogP contribution in [0.1, 0.15) is 24.2 Å². The Hall–Kier alpha value is -2.07. The second-order valence-corrected chi connectivity index (χ2v) is 5.82. The molecule has 4 heteroatoms. The van der Waals surface area contributed by atoms with Gasteiger partial charge in [-0.05, 0) is 30.3 Å². The molecule has 0 aliphatic carbocycles. The number of amides is 1. The van der Waals surface area contributed by atoms with Crippen molar-refractivity contribution >= 4 is 16.7 Å². The van der Waals surface area contributed by atoms with Gasteiger partial charge in [0.1, 0.15) is 5.75 Å². The molecular weight excluding hydrogens is 288 g/mol. The number of fused-ring (bicyclic) bond motifs is 1. The number of rotatable bonds is 4. The molecule has 1 saturated heterocycles. The summed E-state index contributed by atoms with van der Waals surface area (Å²) in [6, 6.07) is 12.0. The highest BCUT2D eigenvalue weighted by molar-refractivity contribution is 6.09. The van der Waals surface area contributed by atoms with Crippen molar-refractivity contribution < 1.29 is 9.53 Å². The third kappa shape index (κ3) is 3.17. The van der Waals surface area contributed by atoms with Crippen LogP contribution in [-0.2, 0) is 0 Å². The zero-order chi connectivity index (χ0) is 16.2. The Labute approximate surface area is 137 Å². The fraction of sp³-hybridized carbons (Fsp3) is 0.421. The van der Waals surface area contributed by atoms with Crippen molar-refractivity contribution in [1.82, 2.24) is 9.80 Å². The van der Waals surface area contributed by atoms with E-state index in [2.05, 4.69) is 11.8 Å². The highest BCUT2D eigenvalue weighted by Crippen LogP contribution is 2.29. The van der Waals surface area contributed by atoms with Gasteiger partial charge in [-0.25, -0.2) is 0 Å². The zero-order valence-electron chi connectivity index (χ0n) is 13.9. The predicted octanol–water partition coefficient (Wildman–Crippen LogP) is 3.02. The lowest BCUT2D eigenvalue weighted by Crippen LogP contribution is -2.48. The summed E-state index contributed by atoms with van der Waals surface area (Å²) < 4.78 is 5.74. The minimum absolute atomic E-state index is 0.0843. The number of ether oxygens (including phenoxy) is 1. The van der Waals surface area contributed by atoms with E-state index in [-0.39, 0.29) is 5.91 Å². The molecule has 4 nitrogen and oxygen atoms in total. The van der Waals surface area contributed by atoms with Crippen LogP contribution in [-0.4, -0.2) is 55.0 Å². The Kier molecular flexibility index (Phi) is 4.82. The van der Waals surface area contributed by atoms with Gasteiger partial charge in [-0.2, -0.15) is 0 Å². The summed E-state index contributed by atoms with van der Waals surface area (Å²) in [6.45, 7) is 9.15. The van der Waals surface area contributed by atoms with Crippen molar-refractivity contribution in [3.8, 4) is 5.75 Å². The van der Waals surface area contributed by atoms with E-state index < -0.39 is 0 Å². The third-order valence-corrected chi connectivity index (χ3v) is 4.51. The van der Waals surface area contributed by atoms with Gasteiger partial charge in [0.25, 0.3) is 5.91 Å². The van der Waals surface area contributed by atoms with Crippen LogP contribution in [0.15, 0.2) is 36.4 Å². The van der Waals surface area contributed by atoms with Crippen LogP contribution >= 0.6 is 0 Å². The second kappa shape index (κ2) is 7.01. The lowest BCUT2D eigenvalue weighted by atomic mass is 10.0. The number of benzene rings is 2. The van der Waals surface area contributed by atoms with Gasteiger partial charge in [0.2, 0.25) is 0 Å². The first-order chi connectivity index (χ1) is 11.2. The molecule has 1 aliphatic heterocycles. The smallest absolute Gasteiger partial charge is 0.258 e. The molecule has 0 N–H and O–H groups in total. The topological polar surface area (TPSA) is 32.8 Å². The molecule has 0 saturated carbocycles. The van der Waals surface area contributed by atoms with Crippen LogP contribution < -0.4 is 4.74 Å². The van der Waals surface area contributed by atoms with Crippen LogP contribution in [0.25, 0.3) is 10.8 Å². The monoisotopic (exact) mass is 312 g/mol.